The predicted octanol–water partition coefficient (Wildman–Crippen LogP) is 3.09. The van der Waals surface area contributed by atoms with Crippen LogP contribution in [0.5, 0.6) is 11.6 Å². The molecule has 1 N–H and O–H groups in total. The van der Waals surface area contributed by atoms with Gasteiger partial charge in [-0.25, -0.2) is 0 Å². The normalized spacial score (nSPS) is 19.5. The number of fused-ring (bicyclic) bond motifs is 1. The third-order valence-corrected chi connectivity index (χ3v) is 6.41. The molecule has 0 spiro atoms. The van der Waals surface area contributed by atoms with Crippen LogP contribution in [0.15, 0.2) is 22.7 Å². The quantitative estimate of drug-likeness (QED) is 0.558. The summed E-state index contributed by atoms with van der Waals surface area (Å²) in [5.74, 6) is -0.437. The minimum absolute atomic E-state index is 0. The topological polar surface area (TPSA) is 94.3 Å². The Kier molecular flexibility index (Phi) is 9.13. The summed E-state index contributed by atoms with van der Waals surface area (Å²) in [6, 6.07) is 4.54. The van der Waals surface area contributed by atoms with Crippen molar-refractivity contribution in [2.24, 2.45) is 11.3 Å². The number of piperidine rings is 1. The number of carboxylic acid groups (broad SMARTS) is 1. The van der Waals surface area contributed by atoms with Crippen molar-refractivity contribution in [1.29, 1.82) is 0 Å². The molecule has 2 saturated heterocycles. The third kappa shape index (κ3) is 6.57. The van der Waals surface area contributed by atoms with E-state index in [1.165, 1.54) is 12.1 Å². The summed E-state index contributed by atoms with van der Waals surface area (Å²) in [5.41, 5.74) is -0.469. The fraction of sp³-hybridized carbons (Fsp3) is 0.636. The minimum atomic E-state index is -4.46. The van der Waals surface area contributed by atoms with Crippen LogP contribution < -0.4 is 9.47 Å². The molecule has 0 unspecified atom stereocenters. The van der Waals surface area contributed by atoms with E-state index in [2.05, 4.69) is 10.1 Å². The number of rotatable bonds is 8. The van der Waals surface area contributed by atoms with Crippen LogP contribution in [0.1, 0.15) is 25.7 Å². The summed E-state index contributed by atoms with van der Waals surface area (Å²) >= 11 is 0. The van der Waals surface area contributed by atoms with Gasteiger partial charge < -0.3 is 28.7 Å². The van der Waals surface area contributed by atoms with Crippen molar-refractivity contribution >= 4 is 46.5 Å². The number of nitrogens with zero attached hydrogens (tertiary/aromatic N) is 2. The van der Waals surface area contributed by atoms with Gasteiger partial charge in [0.2, 0.25) is 0 Å². The van der Waals surface area contributed by atoms with Crippen LogP contribution >= 0.6 is 0 Å². The van der Waals surface area contributed by atoms with E-state index in [9.17, 15) is 23.1 Å². The summed E-state index contributed by atoms with van der Waals surface area (Å²) in [5, 5.41) is 13.9. The maximum atomic E-state index is 12.6. The first-order chi connectivity index (χ1) is 15.8. The molecule has 2 aromatic rings. The van der Waals surface area contributed by atoms with E-state index in [0.717, 1.165) is 25.9 Å². The van der Waals surface area contributed by atoms with Gasteiger partial charge in [-0.15, -0.1) is 0 Å². The second-order valence-corrected chi connectivity index (χ2v) is 8.75. The number of halogens is 3. The summed E-state index contributed by atoms with van der Waals surface area (Å²) in [6.07, 6.45) is -1.79. The third-order valence-electron chi connectivity index (χ3n) is 6.41. The molecule has 3 heterocycles. The van der Waals surface area contributed by atoms with Crippen molar-refractivity contribution in [2.75, 3.05) is 46.1 Å². The molecule has 0 saturated carbocycles. The van der Waals surface area contributed by atoms with Crippen molar-refractivity contribution in [2.45, 2.75) is 31.9 Å². The van der Waals surface area contributed by atoms with E-state index in [0.29, 0.717) is 39.2 Å². The van der Waals surface area contributed by atoms with Gasteiger partial charge in [-0.3, -0.25) is 4.79 Å². The van der Waals surface area contributed by atoms with Crippen LogP contribution in [0.2, 0.25) is 0 Å². The molecule has 4 rings (SSSR count). The maximum absolute atomic E-state index is 12.6. The van der Waals surface area contributed by atoms with Crippen LogP contribution in [-0.2, 0) is 9.53 Å². The van der Waals surface area contributed by atoms with Crippen LogP contribution in [-0.4, -0.2) is 103 Å². The number of likely N-dealkylation sites (tertiary alicyclic amines) is 1. The molecule has 0 aliphatic carbocycles. The predicted molar refractivity (Wildman–Crippen MR) is 117 cm³/mol. The molecule has 2 aliphatic rings. The van der Waals surface area contributed by atoms with Gasteiger partial charge in [0.15, 0.2) is 12.2 Å². The average Bonchev–Trinajstić information content (AvgIpc) is 3.21. The fourth-order valence-corrected chi connectivity index (χ4v) is 4.45. The van der Waals surface area contributed by atoms with Crippen LogP contribution in [0, 0.1) is 11.3 Å². The number of aliphatic carboxylic acids is 1. The molecule has 8 nitrogen and oxygen atoms in total. The zero-order chi connectivity index (χ0) is 23.5. The van der Waals surface area contributed by atoms with Gasteiger partial charge in [0, 0.05) is 19.8 Å². The number of carboxylic acids is 1. The van der Waals surface area contributed by atoms with E-state index in [1.54, 1.807) is 6.07 Å². The van der Waals surface area contributed by atoms with Crippen LogP contribution in [0.3, 0.4) is 0 Å². The van der Waals surface area contributed by atoms with Gasteiger partial charge in [0.25, 0.3) is 5.88 Å². The molecule has 184 valence electrons. The number of carbonyl (C=O) groups is 1. The summed E-state index contributed by atoms with van der Waals surface area (Å²) in [7, 11) is 0. The average molecular weight is 496 g/mol. The molecular formula is C22H28F3N2NaO6. The number of alkyl halides is 3. The molecule has 0 bridgehead atoms. The SMILES string of the molecule is O=C(O)C1(CN2CCC(COc3noc4cccc(OCC(F)(F)F)c34)CC2)CCOCC1.[NaH]. The van der Waals surface area contributed by atoms with Gasteiger partial charge >= 0.3 is 41.7 Å². The molecule has 2 fully saturated rings. The standard InChI is InChI=1S/C22H27F3N2O6.Na.H/c23-22(24,25)14-32-16-2-1-3-17-18(16)19(26-33-17)31-12-15-4-8-27(9-5-15)13-21(20(28)29)6-10-30-11-7-21;;/h1-3,15H,4-14H2,(H,28,29);;. The molecule has 12 heteroatoms. The van der Waals surface area contributed by atoms with Gasteiger partial charge in [-0.05, 0) is 62.0 Å². The monoisotopic (exact) mass is 496 g/mol. The summed E-state index contributed by atoms with van der Waals surface area (Å²) in [6.45, 7) is 1.87. The Labute approximate surface area is 217 Å². The zero-order valence-corrected chi connectivity index (χ0v) is 18.1. The first-order valence-corrected chi connectivity index (χ1v) is 11.0. The van der Waals surface area contributed by atoms with Crippen LogP contribution in [0.4, 0.5) is 13.2 Å². The second-order valence-electron chi connectivity index (χ2n) is 8.75. The van der Waals surface area contributed by atoms with E-state index in [1.807, 2.05) is 0 Å². The molecule has 0 amide bonds. The van der Waals surface area contributed by atoms with Gasteiger partial charge in [-0.2, -0.15) is 13.2 Å². The first-order valence-electron chi connectivity index (χ1n) is 11.0. The number of aromatic nitrogens is 1. The van der Waals surface area contributed by atoms with Crippen LogP contribution in [0.25, 0.3) is 11.0 Å². The number of hydrogen-bond acceptors (Lipinski definition) is 7. The fourth-order valence-electron chi connectivity index (χ4n) is 4.45. The Morgan fingerprint density at radius 3 is 2.56 bits per heavy atom. The zero-order valence-electron chi connectivity index (χ0n) is 18.1. The Bertz CT molecular complexity index is 956. The summed E-state index contributed by atoms with van der Waals surface area (Å²) < 4.78 is 59.0. The Morgan fingerprint density at radius 2 is 1.91 bits per heavy atom. The first kappa shape index (κ1) is 27.1. The van der Waals surface area contributed by atoms with Crippen molar-refractivity contribution < 1.29 is 41.8 Å². The Hall–Kier alpha value is -1.53. The molecule has 0 radical (unpaired) electrons. The molecule has 1 aromatic heterocycles. The van der Waals surface area contributed by atoms with Crippen molar-refractivity contribution in [3.8, 4) is 11.6 Å². The molecule has 1 aromatic carbocycles. The number of ether oxygens (including phenoxy) is 3. The van der Waals surface area contributed by atoms with E-state index >= 15 is 0 Å². The van der Waals surface area contributed by atoms with E-state index < -0.39 is 24.2 Å². The van der Waals surface area contributed by atoms with Gasteiger partial charge in [0.05, 0.1) is 12.0 Å². The van der Waals surface area contributed by atoms with Gasteiger partial charge in [0.1, 0.15) is 11.1 Å². The summed E-state index contributed by atoms with van der Waals surface area (Å²) in [4.78, 5) is 14.1. The second kappa shape index (κ2) is 11.5. The molecular weight excluding hydrogens is 468 g/mol. The Morgan fingerprint density at radius 1 is 1.21 bits per heavy atom. The molecule has 2 aliphatic heterocycles. The van der Waals surface area contributed by atoms with Gasteiger partial charge in [-0.1, -0.05) is 6.07 Å². The Balaban J connectivity index is 0.00000324. The number of benzene rings is 1. The molecule has 34 heavy (non-hydrogen) atoms. The van der Waals surface area contributed by atoms with E-state index in [4.69, 9.17) is 18.7 Å². The van der Waals surface area contributed by atoms with Crippen molar-refractivity contribution in [3.63, 3.8) is 0 Å². The molecule has 0 atom stereocenters. The van der Waals surface area contributed by atoms with Crippen molar-refractivity contribution in [1.82, 2.24) is 10.1 Å². The number of hydrogen-bond donors (Lipinski definition) is 1. The van der Waals surface area contributed by atoms with Crippen molar-refractivity contribution in [3.05, 3.63) is 18.2 Å². The van der Waals surface area contributed by atoms with E-state index in [-0.39, 0.29) is 58.1 Å².